The van der Waals surface area contributed by atoms with Crippen LogP contribution in [0.1, 0.15) is 50.9 Å². The van der Waals surface area contributed by atoms with Gasteiger partial charge in [-0.2, -0.15) is 0 Å². The number of aliphatic hydroxyl groups excluding tert-OH is 1. The number of amides is 1. The topological polar surface area (TPSA) is 83.9 Å². The second kappa shape index (κ2) is 6.63. The van der Waals surface area contributed by atoms with Crippen LogP contribution in [0.5, 0.6) is 5.75 Å². The molecule has 7 heteroatoms. The van der Waals surface area contributed by atoms with Crippen molar-refractivity contribution in [1.82, 2.24) is 15.2 Å². The largest absolute Gasteiger partial charge is 0.490 e. The summed E-state index contributed by atoms with van der Waals surface area (Å²) in [7, 11) is 0. The first-order chi connectivity index (χ1) is 12.8. The zero-order valence-corrected chi connectivity index (χ0v) is 16.3. The number of pyridine rings is 1. The quantitative estimate of drug-likeness (QED) is 0.841. The molecule has 2 fully saturated rings. The lowest BCUT2D eigenvalue weighted by Crippen LogP contribution is -2.66. The van der Waals surface area contributed by atoms with E-state index < -0.39 is 5.60 Å². The third kappa shape index (κ3) is 3.62. The van der Waals surface area contributed by atoms with E-state index in [9.17, 15) is 9.90 Å². The van der Waals surface area contributed by atoms with Crippen molar-refractivity contribution >= 4 is 6.09 Å². The van der Waals surface area contributed by atoms with Crippen molar-refractivity contribution in [3.8, 4) is 5.75 Å². The molecule has 27 heavy (non-hydrogen) atoms. The fraction of sp³-hybridized carbons (Fsp3) is 0.700. The summed E-state index contributed by atoms with van der Waals surface area (Å²) in [4.78, 5) is 18.3. The van der Waals surface area contributed by atoms with Crippen molar-refractivity contribution in [1.29, 1.82) is 0 Å². The van der Waals surface area contributed by atoms with Crippen LogP contribution >= 0.6 is 0 Å². The van der Waals surface area contributed by atoms with E-state index in [2.05, 4.69) is 10.3 Å². The van der Waals surface area contributed by atoms with Crippen LogP contribution in [-0.2, 0) is 11.2 Å². The Hall–Kier alpha value is -1.86. The van der Waals surface area contributed by atoms with Gasteiger partial charge in [0, 0.05) is 43.2 Å². The summed E-state index contributed by atoms with van der Waals surface area (Å²) in [6.07, 6.45) is 4.45. The Bertz CT molecular complexity index is 716. The van der Waals surface area contributed by atoms with E-state index in [4.69, 9.17) is 9.47 Å². The Labute approximate surface area is 160 Å². The zero-order valence-electron chi connectivity index (χ0n) is 16.3. The summed E-state index contributed by atoms with van der Waals surface area (Å²) in [6, 6.07) is 1.78. The molecule has 0 bridgehead atoms. The highest BCUT2D eigenvalue weighted by molar-refractivity contribution is 5.69. The molecular weight excluding hydrogens is 346 g/mol. The van der Waals surface area contributed by atoms with Crippen LogP contribution in [0.4, 0.5) is 4.79 Å². The number of carbonyl (C=O) groups excluding carboxylic acids is 1. The van der Waals surface area contributed by atoms with Crippen LogP contribution in [0.25, 0.3) is 0 Å². The highest BCUT2D eigenvalue weighted by Crippen LogP contribution is 2.50. The molecular formula is C20H29N3O4. The first-order valence-electron chi connectivity index (χ1n) is 9.75. The highest BCUT2D eigenvalue weighted by Gasteiger charge is 2.55. The van der Waals surface area contributed by atoms with Crippen molar-refractivity contribution in [3.63, 3.8) is 0 Å². The lowest BCUT2D eigenvalue weighted by molar-refractivity contribution is -0.117. The van der Waals surface area contributed by atoms with Gasteiger partial charge in [0.05, 0.1) is 18.3 Å². The lowest BCUT2D eigenvalue weighted by atomic mass is 9.62. The van der Waals surface area contributed by atoms with Crippen LogP contribution in [0.2, 0.25) is 0 Å². The first kappa shape index (κ1) is 18.5. The number of ether oxygens (including phenoxy) is 2. The Morgan fingerprint density at radius 3 is 2.81 bits per heavy atom. The van der Waals surface area contributed by atoms with Crippen LogP contribution < -0.4 is 10.1 Å². The van der Waals surface area contributed by atoms with Gasteiger partial charge in [-0.05, 0) is 39.7 Å². The molecule has 1 saturated carbocycles. The molecule has 1 amide bonds. The maximum atomic E-state index is 12.1. The van der Waals surface area contributed by atoms with E-state index in [1.54, 1.807) is 11.1 Å². The lowest BCUT2D eigenvalue weighted by Gasteiger charge is -2.58. The minimum Gasteiger partial charge on any atom is -0.490 e. The summed E-state index contributed by atoms with van der Waals surface area (Å²) >= 11 is 0. The fourth-order valence-corrected chi connectivity index (χ4v) is 4.44. The monoisotopic (exact) mass is 375 g/mol. The normalized spacial score (nSPS) is 24.0. The number of likely N-dealkylation sites (tertiary alicyclic amines) is 1. The summed E-state index contributed by atoms with van der Waals surface area (Å²) in [5.74, 6) is 0.828. The molecule has 2 N–H and O–H groups in total. The summed E-state index contributed by atoms with van der Waals surface area (Å²) < 4.78 is 11.7. The van der Waals surface area contributed by atoms with E-state index >= 15 is 0 Å². The van der Waals surface area contributed by atoms with Crippen LogP contribution in [0.3, 0.4) is 0 Å². The van der Waals surface area contributed by atoms with Crippen molar-refractivity contribution in [3.05, 3.63) is 23.5 Å². The second-order valence-corrected chi connectivity index (χ2v) is 9.09. The van der Waals surface area contributed by atoms with E-state index in [1.165, 1.54) is 0 Å². The average Bonchev–Trinajstić information content (AvgIpc) is 2.53. The summed E-state index contributed by atoms with van der Waals surface area (Å²) in [5, 5.41) is 13.0. The Balaban J connectivity index is 1.33. The first-order valence-corrected chi connectivity index (χ1v) is 9.75. The molecule has 1 aromatic heterocycles. The molecule has 3 heterocycles. The van der Waals surface area contributed by atoms with Crippen LogP contribution in [0.15, 0.2) is 12.3 Å². The van der Waals surface area contributed by atoms with Gasteiger partial charge >= 0.3 is 6.09 Å². The van der Waals surface area contributed by atoms with Crippen LogP contribution in [0, 0.1) is 5.41 Å². The van der Waals surface area contributed by atoms with Gasteiger partial charge in [0.25, 0.3) is 0 Å². The fourth-order valence-electron chi connectivity index (χ4n) is 4.44. The Kier molecular flexibility index (Phi) is 4.55. The molecule has 2 aliphatic heterocycles. The van der Waals surface area contributed by atoms with E-state index in [0.29, 0.717) is 0 Å². The highest BCUT2D eigenvalue weighted by atomic mass is 16.6. The van der Waals surface area contributed by atoms with E-state index in [0.717, 1.165) is 55.9 Å². The molecule has 3 aliphatic rings. The van der Waals surface area contributed by atoms with Crippen molar-refractivity contribution in [2.24, 2.45) is 5.41 Å². The maximum Gasteiger partial charge on any atom is 0.410 e. The number of fused-ring (bicyclic) bond motifs is 1. The third-order valence-electron chi connectivity index (χ3n) is 5.64. The van der Waals surface area contributed by atoms with E-state index in [1.807, 2.05) is 26.8 Å². The molecule has 1 saturated heterocycles. The molecule has 0 radical (unpaired) electrons. The molecule has 148 valence electrons. The molecule has 1 aromatic rings. The smallest absolute Gasteiger partial charge is 0.410 e. The average molecular weight is 375 g/mol. The van der Waals surface area contributed by atoms with Crippen molar-refractivity contribution in [2.75, 3.05) is 26.2 Å². The van der Waals surface area contributed by atoms with E-state index in [-0.39, 0.29) is 30.3 Å². The number of carbonyl (C=O) groups is 1. The van der Waals surface area contributed by atoms with Gasteiger partial charge in [0.2, 0.25) is 0 Å². The minimum absolute atomic E-state index is 0.0362. The van der Waals surface area contributed by atoms with Gasteiger partial charge in [0.1, 0.15) is 17.5 Å². The molecule has 1 aliphatic carbocycles. The molecule has 7 nitrogen and oxygen atoms in total. The van der Waals surface area contributed by atoms with Gasteiger partial charge in [0.15, 0.2) is 0 Å². The maximum absolute atomic E-state index is 12.1. The standard InChI is InChI=1S/C20H29N3O4/c1-19(2,3)27-18(25)23-11-20(12-23)8-13(9-20)26-16-5-7-21-14-4-6-22-15(10-24)17(14)16/h5,7,13,15,22,24H,4,6,8-12H2,1-3H3. The number of hydrogen-bond acceptors (Lipinski definition) is 6. The number of nitrogens with zero attached hydrogens (tertiary/aromatic N) is 2. The van der Waals surface area contributed by atoms with Gasteiger partial charge < -0.3 is 24.8 Å². The summed E-state index contributed by atoms with van der Waals surface area (Å²) in [5.41, 5.74) is 1.74. The zero-order chi connectivity index (χ0) is 19.2. The molecule has 1 spiro atoms. The van der Waals surface area contributed by atoms with Gasteiger partial charge in [-0.1, -0.05) is 0 Å². The predicted molar refractivity (Wildman–Crippen MR) is 99.7 cm³/mol. The minimum atomic E-state index is -0.456. The number of aromatic nitrogens is 1. The number of hydrogen-bond donors (Lipinski definition) is 2. The molecule has 1 unspecified atom stereocenters. The van der Waals surface area contributed by atoms with Gasteiger partial charge in [-0.15, -0.1) is 0 Å². The predicted octanol–water partition coefficient (Wildman–Crippen LogP) is 2.04. The molecule has 1 atom stereocenters. The number of aliphatic hydroxyl groups is 1. The Morgan fingerprint density at radius 2 is 2.15 bits per heavy atom. The number of nitrogens with one attached hydrogen (secondary N) is 1. The SMILES string of the molecule is CC(C)(C)OC(=O)N1CC2(CC(Oc3ccnc4c3C(CO)NCC4)C2)C1. The number of rotatable bonds is 3. The van der Waals surface area contributed by atoms with Crippen molar-refractivity contribution in [2.45, 2.75) is 57.8 Å². The molecule has 0 aromatic carbocycles. The summed E-state index contributed by atoms with van der Waals surface area (Å²) in [6.45, 7) is 8.01. The molecule has 4 rings (SSSR count). The van der Waals surface area contributed by atoms with Crippen LogP contribution in [-0.4, -0.2) is 59.0 Å². The Morgan fingerprint density at radius 1 is 1.41 bits per heavy atom. The van der Waals surface area contributed by atoms with Gasteiger partial charge in [-0.25, -0.2) is 4.79 Å². The third-order valence-corrected chi connectivity index (χ3v) is 5.64. The van der Waals surface area contributed by atoms with Gasteiger partial charge in [-0.3, -0.25) is 4.98 Å². The second-order valence-electron chi connectivity index (χ2n) is 9.09. The van der Waals surface area contributed by atoms with Crippen molar-refractivity contribution < 1.29 is 19.4 Å².